The van der Waals surface area contributed by atoms with Crippen LogP contribution in [0.4, 0.5) is 10.1 Å². The average Bonchev–Trinajstić information content (AvgIpc) is 2.70. The zero-order chi connectivity index (χ0) is 21.0. The van der Waals surface area contributed by atoms with Crippen LogP contribution < -0.4 is 10.3 Å². The Morgan fingerprint density at radius 2 is 1.76 bits per heavy atom. The topological polar surface area (TPSA) is 124 Å². The maximum Gasteiger partial charge on any atom is 0.289 e. The number of halogens is 1. The summed E-state index contributed by atoms with van der Waals surface area (Å²) >= 11 is 0. The van der Waals surface area contributed by atoms with Gasteiger partial charge in [0.15, 0.2) is 4.90 Å². The van der Waals surface area contributed by atoms with Crippen molar-refractivity contribution >= 4 is 15.7 Å². The van der Waals surface area contributed by atoms with E-state index >= 15 is 0 Å². The number of benzene rings is 2. The molecule has 150 valence electrons. The second-order valence-electron chi connectivity index (χ2n) is 5.91. The minimum absolute atomic E-state index is 0.103. The first-order chi connectivity index (χ1) is 13.8. The molecule has 1 heterocycles. The van der Waals surface area contributed by atoms with E-state index in [4.69, 9.17) is 0 Å². The largest absolute Gasteiger partial charge is 0.289 e. The molecule has 0 fully saturated rings. The van der Waals surface area contributed by atoms with Crippen molar-refractivity contribution in [1.29, 1.82) is 0 Å². The van der Waals surface area contributed by atoms with Crippen LogP contribution in [0.15, 0.2) is 70.4 Å². The zero-order valence-corrected chi connectivity index (χ0v) is 15.7. The Labute approximate surface area is 164 Å². The number of aromatic nitrogens is 2. The van der Waals surface area contributed by atoms with Gasteiger partial charge in [0, 0.05) is 24.2 Å². The van der Waals surface area contributed by atoms with E-state index in [0.29, 0.717) is 11.3 Å². The third kappa shape index (κ3) is 4.70. The molecule has 11 heteroatoms. The van der Waals surface area contributed by atoms with Crippen molar-refractivity contribution in [3.63, 3.8) is 0 Å². The summed E-state index contributed by atoms with van der Waals surface area (Å²) in [7, 11) is -4.16. The molecular weight excluding hydrogens is 403 g/mol. The second-order valence-corrected chi connectivity index (χ2v) is 7.64. The Morgan fingerprint density at radius 3 is 2.45 bits per heavy atom. The van der Waals surface area contributed by atoms with Gasteiger partial charge < -0.3 is 0 Å². The first-order valence-electron chi connectivity index (χ1n) is 8.35. The number of nitrogens with one attached hydrogen (secondary N) is 1. The zero-order valence-electron chi connectivity index (χ0n) is 14.9. The lowest BCUT2D eigenvalue weighted by Crippen LogP contribution is -2.32. The fourth-order valence-corrected chi connectivity index (χ4v) is 3.77. The number of nitro benzene ring substituents is 1. The lowest BCUT2D eigenvalue weighted by Gasteiger charge is -2.09. The number of nitro groups is 1. The monoisotopic (exact) mass is 418 g/mol. The smallest absolute Gasteiger partial charge is 0.268 e. The maximum absolute atomic E-state index is 13.1. The van der Waals surface area contributed by atoms with Gasteiger partial charge >= 0.3 is 0 Å². The van der Waals surface area contributed by atoms with Crippen LogP contribution in [0.2, 0.25) is 0 Å². The van der Waals surface area contributed by atoms with E-state index in [1.165, 1.54) is 48.5 Å². The van der Waals surface area contributed by atoms with Crippen molar-refractivity contribution in [3.05, 3.63) is 86.9 Å². The third-order valence-corrected chi connectivity index (χ3v) is 5.48. The van der Waals surface area contributed by atoms with Gasteiger partial charge in [-0.3, -0.25) is 14.9 Å². The molecule has 0 amide bonds. The van der Waals surface area contributed by atoms with E-state index < -0.39 is 36.9 Å². The molecule has 3 aromatic rings. The molecular formula is C18H15FN4O5S. The standard InChI is InChI=1S/C18H15FN4O5S/c19-14-7-5-13(6-8-14)15-9-10-18(24)22(21-15)12-11-20-29(27,28)17-4-2-1-3-16(17)23(25)26/h1-10,20H,11-12H2. The summed E-state index contributed by atoms with van der Waals surface area (Å²) < 4.78 is 41.1. The van der Waals surface area contributed by atoms with Crippen molar-refractivity contribution in [2.24, 2.45) is 0 Å². The average molecular weight is 418 g/mol. The lowest BCUT2D eigenvalue weighted by atomic mass is 10.1. The maximum atomic E-state index is 13.1. The fraction of sp³-hybridized carbons (Fsp3) is 0.111. The summed E-state index contributed by atoms with van der Waals surface area (Å²) in [6.07, 6.45) is 0. The number of para-hydroxylation sites is 1. The fourth-order valence-electron chi connectivity index (χ4n) is 2.58. The minimum Gasteiger partial charge on any atom is -0.268 e. The predicted octanol–water partition coefficient (Wildman–Crippen LogP) is 1.94. The van der Waals surface area contributed by atoms with Crippen molar-refractivity contribution in [3.8, 4) is 11.3 Å². The molecule has 0 aliphatic carbocycles. The van der Waals surface area contributed by atoms with Crippen LogP contribution >= 0.6 is 0 Å². The summed E-state index contributed by atoms with van der Waals surface area (Å²) in [6, 6.07) is 13.2. The molecule has 0 spiro atoms. The summed E-state index contributed by atoms with van der Waals surface area (Å²) in [5.74, 6) is -0.411. The van der Waals surface area contributed by atoms with Crippen molar-refractivity contribution in [1.82, 2.24) is 14.5 Å². The molecule has 0 unspecified atom stereocenters. The number of sulfonamides is 1. The highest BCUT2D eigenvalue weighted by molar-refractivity contribution is 7.89. The minimum atomic E-state index is -4.16. The highest BCUT2D eigenvalue weighted by Crippen LogP contribution is 2.22. The van der Waals surface area contributed by atoms with E-state index in [9.17, 15) is 27.7 Å². The molecule has 0 radical (unpaired) electrons. The molecule has 9 nitrogen and oxygen atoms in total. The van der Waals surface area contributed by atoms with Crippen LogP contribution in [-0.4, -0.2) is 29.7 Å². The van der Waals surface area contributed by atoms with Gasteiger partial charge in [0.2, 0.25) is 10.0 Å². The number of nitrogens with zero attached hydrogens (tertiary/aromatic N) is 3. The van der Waals surface area contributed by atoms with Crippen LogP contribution in [0.1, 0.15) is 0 Å². The van der Waals surface area contributed by atoms with Crippen LogP contribution in [0, 0.1) is 15.9 Å². The van der Waals surface area contributed by atoms with Crippen LogP contribution in [0.25, 0.3) is 11.3 Å². The van der Waals surface area contributed by atoms with Crippen LogP contribution in [0.5, 0.6) is 0 Å². The summed E-state index contributed by atoms with van der Waals surface area (Å²) in [5.41, 5.74) is -0.0128. The highest BCUT2D eigenvalue weighted by atomic mass is 32.2. The van der Waals surface area contributed by atoms with Gasteiger partial charge in [0.25, 0.3) is 11.2 Å². The first-order valence-corrected chi connectivity index (χ1v) is 9.83. The second kappa shape index (κ2) is 8.29. The van der Waals surface area contributed by atoms with Crippen LogP contribution in [-0.2, 0) is 16.6 Å². The summed E-state index contributed by atoms with van der Waals surface area (Å²) in [5, 5.41) is 15.2. The van der Waals surface area contributed by atoms with Gasteiger partial charge in [-0.15, -0.1) is 0 Å². The molecule has 29 heavy (non-hydrogen) atoms. The van der Waals surface area contributed by atoms with E-state index in [0.717, 1.165) is 16.8 Å². The van der Waals surface area contributed by atoms with Gasteiger partial charge in [-0.05, 0) is 36.4 Å². The van der Waals surface area contributed by atoms with E-state index in [2.05, 4.69) is 9.82 Å². The molecule has 0 aliphatic rings. The molecule has 0 atom stereocenters. The van der Waals surface area contributed by atoms with Crippen molar-refractivity contribution in [2.75, 3.05) is 6.54 Å². The molecule has 0 saturated carbocycles. The Hall–Kier alpha value is -3.44. The van der Waals surface area contributed by atoms with Gasteiger partial charge in [0.1, 0.15) is 5.82 Å². The van der Waals surface area contributed by atoms with E-state index in [-0.39, 0.29) is 13.1 Å². The number of rotatable bonds is 7. The van der Waals surface area contributed by atoms with E-state index in [1.807, 2.05) is 0 Å². The predicted molar refractivity (Wildman–Crippen MR) is 102 cm³/mol. The Morgan fingerprint density at radius 1 is 1.07 bits per heavy atom. The van der Waals surface area contributed by atoms with Crippen molar-refractivity contribution < 1.29 is 17.7 Å². The van der Waals surface area contributed by atoms with Crippen LogP contribution in [0.3, 0.4) is 0 Å². The molecule has 2 aromatic carbocycles. The SMILES string of the molecule is O=c1ccc(-c2ccc(F)cc2)nn1CCNS(=O)(=O)c1ccccc1[N+](=O)[O-]. The third-order valence-electron chi connectivity index (χ3n) is 3.97. The Bertz CT molecular complexity index is 1210. The van der Waals surface area contributed by atoms with E-state index in [1.54, 1.807) is 0 Å². The number of hydrogen-bond acceptors (Lipinski definition) is 6. The van der Waals surface area contributed by atoms with Gasteiger partial charge in [0.05, 0.1) is 17.2 Å². The Kier molecular flexibility index (Phi) is 5.80. The van der Waals surface area contributed by atoms with Gasteiger partial charge in [-0.1, -0.05) is 12.1 Å². The molecule has 1 N–H and O–H groups in total. The normalized spacial score (nSPS) is 11.3. The summed E-state index contributed by atoms with van der Waals surface area (Å²) in [4.78, 5) is 21.8. The molecule has 0 bridgehead atoms. The quantitative estimate of drug-likeness (QED) is 0.462. The highest BCUT2D eigenvalue weighted by Gasteiger charge is 2.24. The van der Waals surface area contributed by atoms with Crippen molar-refractivity contribution in [2.45, 2.75) is 11.4 Å². The first kappa shape index (κ1) is 20.3. The molecule has 0 saturated heterocycles. The van der Waals surface area contributed by atoms with Gasteiger partial charge in [-0.2, -0.15) is 5.10 Å². The Balaban J connectivity index is 1.77. The lowest BCUT2D eigenvalue weighted by molar-refractivity contribution is -0.387. The summed E-state index contributed by atoms with van der Waals surface area (Å²) in [6.45, 7) is -0.318. The molecule has 0 aliphatic heterocycles. The molecule has 1 aromatic heterocycles. The number of hydrogen-bond donors (Lipinski definition) is 1. The molecule has 3 rings (SSSR count). The van der Waals surface area contributed by atoms with Gasteiger partial charge in [-0.25, -0.2) is 22.2 Å².